The lowest BCUT2D eigenvalue weighted by Crippen LogP contribution is -2.32. The molecule has 1 aliphatic heterocycles. The molecule has 1 fully saturated rings. The molecule has 0 saturated carbocycles. The van der Waals surface area contributed by atoms with Crippen molar-refractivity contribution in [1.29, 1.82) is 0 Å². The Morgan fingerprint density at radius 2 is 2.04 bits per heavy atom. The number of anilines is 1. The smallest absolute Gasteiger partial charge is 0.252 e. The van der Waals surface area contributed by atoms with E-state index in [2.05, 4.69) is 22.1 Å². The van der Waals surface area contributed by atoms with Crippen LogP contribution in [0.25, 0.3) is 0 Å². The molecule has 0 radical (unpaired) electrons. The summed E-state index contributed by atoms with van der Waals surface area (Å²) < 4.78 is 10.9. The summed E-state index contributed by atoms with van der Waals surface area (Å²) >= 11 is 1.46. The Hall–Kier alpha value is -1.96. The molecule has 27 heavy (non-hydrogen) atoms. The number of likely N-dealkylation sites (tertiary alicyclic amines) is 1. The van der Waals surface area contributed by atoms with Crippen molar-refractivity contribution in [2.75, 3.05) is 38.2 Å². The maximum absolute atomic E-state index is 12.0. The molecule has 3 rings (SSSR count). The van der Waals surface area contributed by atoms with Crippen molar-refractivity contribution in [3.63, 3.8) is 0 Å². The monoisotopic (exact) mass is 389 g/mol. The van der Waals surface area contributed by atoms with Gasteiger partial charge in [-0.2, -0.15) is 0 Å². The van der Waals surface area contributed by atoms with E-state index in [4.69, 9.17) is 9.47 Å². The van der Waals surface area contributed by atoms with E-state index < -0.39 is 0 Å². The van der Waals surface area contributed by atoms with Gasteiger partial charge in [0, 0.05) is 11.9 Å². The lowest BCUT2D eigenvalue weighted by molar-refractivity contribution is -0.120. The van der Waals surface area contributed by atoms with E-state index in [1.807, 2.05) is 35.7 Å². The number of carbonyl (C=O) groups is 1. The number of thiazole rings is 1. The number of rotatable bonds is 9. The van der Waals surface area contributed by atoms with Crippen molar-refractivity contribution >= 4 is 22.4 Å². The minimum absolute atomic E-state index is 0.00290. The zero-order chi connectivity index (χ0) is 18.9. The Labute approximate surface area is 164 Å². The second-order valence-electron chi connectivity index (χ2n) is 6.86. The van der Waals surface area contributed by atoms with E-state index in [9.17, 15) is 4.79 Å². The van der Waals surface area contributed by atoms with Crippen LogP contribution in [0.15, 0.2) is 35.7 Å². The molecule has 0 atom stereocenters. The highest BCUT2D eigenvalue weighted by molar-refractivity contribution is 7.13. The number of ether oxygens (including phenoxy) is 2. The number of nitrogens with one attached hydrogen (secondary N) is 1. The topological polar surface area (TPSA) is 63.7 Å². The number of amides is 1. The van der Waals surface area contributed by atoms with Crippen LogP contribution in [-0.2, 0) is 16.1 Å². The SMILES string of the molecule is CC1CCN(Cc2csc(NC(=O)COCCOc3ccccc3)n2)CC1. The minimum Gasteiger partial charge on any atom is -0.491 e. The Balaban J connectivity index is 1.31. The number of para-hydroxylation sites is 1. The van der Waals surface area contributed by atoms with E-state index in [0.29, 0.717) is 18.3 Å². The zero-order valence-corrected chi connectivity index (χ0v) is 16.5. The second kappa shape index (κ2) is 10.4. The lowest BCUT2D eigenvalue weighted by atomic mass is 9.99. The molecule has 146 valence electrons. The fraction of sp³-hybridized carbons (Fsp3) is 0.500. The summed E-state index contributed by atoms with van der Waals surface area (Å²) in [6, 6.07) is 9.54. The van der Waals surface area contributed by atoms with Crippen LogP contribution in [0.3, 0.4) is 0 Å². The van der Waals surface area contributed by atoms with Gasteiger partial charge in [0.15, 0.2) is 5.13 Å². The molecular weight excluding hydrogens is 362 g/mol. The highest BCUT2D eigenvalue weighted by Crippen LogP contribution is 2.20. The maximum Gasteiger partial charge on any atom is 0.252 e. The molecule has 1 aromatic heterocycles. The van der Waals surface area contributed by atoms with Gasteiger partial charge in [0.1, 0.15) is 19.0 Å². The van der Waals surface area contributed by atoms with Crippen molar-refractivity contribution in [3.05, 3.63) is 41.4 Å². The van der Waals surface area contributed by atoms with Crippen molar-refractivity contribution in [3.8, 4) is 5.75 Å². The van der Waals surface area contributed by atoms with Gasteiger partial charge in [-0.15, -0.1) is 11.3 Å². The van der Waals surface area contributed by atoms with Gasteiger partial charge in [0.25, 0.3) is 5.91 Å². The van der Waals surface area contributed by atoms with E-state index in [1.54, 1.807) is 0 Å². The molecule has 6 nitrogen and oxygen atoms in total. The van der Waals surface area contributed by atoms with Gasteiger partial charge in [0.05, 0.1) is 12.3 Å². The summed E-state index contributed by atoms with van der Waals surface area (Å²) in [7, 11) is 0. The number of nitrogens with zero attached hydrogens (tertiary/aromatic N) is 2. The van der Waals surface area contributed by atoms with Crippen LogP contribution in [0, 0.1) is 5.92 Å². The zero-order valence-electron chi connectivity index (χ0n) is 15.7. The highest BCUT2D eigenvalue weighted by atomic mass is 32.1. The molecular formula is C20H27N3O3S. The molecule has 0 spiro atoms. The highest BCUT2D eigenvalue weighted by Gasteiger charge is 2.17. The van der Waals surface area contributed by atoms with Crippen LogP contribution in [-0.4, -0.2) is 48.7 Å². The van der Waals surface area contributed by atoms with Gasteiger partial charge in [-0.05, 0) is 44.0 Å². The first kappa shape index (κ1) is 19.8. The summed E-state index contributed by atoms with van der Waals surface area (Å²) in [4.78, 5) is 18.9. The maximum atomic E-state index is 12.0. The van der Waals surface area contributed by atoms with Gasteiger partial charge in [-0.25, -0.2) is 4.98 Å². The minimum atomic E-state index is -0.192. The fourth-order valence-corrected chi connectivity index (χ4v) is 3.66. The first-order valence-corrected chi connectivity index (χ1v) is 10.3. The molecule has 2 aromatic rings. The third-order valence-electron chi connectivity index (χ3n) is 4.53. The summed E-state index contributed by atoms with van der Waals surface area (Å²) in [5.41, 5.74) is 1.02. The number of hydrogen-bond acceptors (Lipinski definition) is 6. The third kappa shape index (κ3) is 6.93. The van der Waals surface area contributed by atoms with Crippen molar-refractivity contribution in [2.24, 2.45) is 5.92 Å². The number of piperidine rings is 1. The van der Waals surface area contributed by atoms with E-state index >= 15 is 0 Å². The average Bonchev–Trinajstić information content (AvgIpc) is 3.11. The van der Waals surface area contributed by atoms with Gasteiger partial charge in [0.2, 0.25) is 0 Å². The van der Waals surface area contributed by atoms with Gasteiger partial charge in [-0.1, -0.05) is 25.1 Å². The van der Waals surface area contributed by atoms with Crippen LogP contribution in [0.4, 0.5) is 5.13 Å². The molecule has 0 bridgehead atoms. The van der Waals surface area contributed by atoms with Crippen molar-refractivity contribution in [2.45, 2.75) is 26.3 Å². The largest absolute Gasteiger partial charge is 0.491 e. The summed E-state index contributed by atoms with van der Waals surface area (Å²) in [5, 5.41) is 5.44. The fourth-order valence-electron chi connectivity index (χ4n) is 2.94. The third-order valence-corrected chi connectivity index (χ3v) is 5.34. The predicted molar refractivity (Wildman–Crippen MR) is 107 cm³/mol. The average molecular weight is 390 g/mol. The van der Waals surface area contributed by atoms with Crippen LogP contribution in [0.5, 0.6) is 5.75 Å². The van der Waals surface area contributed by atoms with Crippen LogP contribution in [0.1, 0.15) is 25.5 Å². The van der Waals surface area contributed by atoms with Gasteiger partial charge < -0.3 is 9.47 Å². The molecule has 1 aromatic carbocycles. The van der Waals surface area contributed by atoms with Crippen molar-refractivity contribution < 1.29 is 14.3 Å². The lowest BCUT2D eigenvalue weighted by Gasteiger charge is -2.29. The first-order valence-electron chi connectivity index (χ1n) is 9.41. The predicted octanol–water partition coefficient (Wildman–Crippen LogP) is 3.41. The number of hydrogen-bond donors (Lipinski definition) is 1. The summed E-state index contributed by atoms with van der Waals surface area (Å²) in [5.74, 6) is 1.43. The Morgan fingerprint density at radius 3 is 2.81 bits per heavy atom. The van der Waals surface area contributed by atoms with E-state index in [1.165, 1.54) is 24.2 Å². The van der Waals surface area contributed by atoms with E-state index in [0.717, 1.165) is 37.0 Å². The molecule has 0 aliphatic carbocycles. The molecule has 7 heteroatoms. The molecule has 1 aliphatic rings. The Kier molecular flexibility index (Phi) is 7.62. The summed E-state index contributed by atoms with van der Waals surface area (Å²) in [6.45, 7) is 6.18. The molecule has 2 heterocycles. The molecule has 0 unspecified atom stereocenters. The second-order valence-corrected chi connectivity index (χ2v) is 7.72. The number of aromatic nitrogens is 1. The van der Waals surface area contributed by atoms with Crippen LogP contribution < -0.4 is 10.1 Å². The quantitative estimate of drug-likeness (QED) is 0.666. The first-order chi connectivity index (χ1) is 13.2. The molecule has 1 amide bonds. The van der Waals surface area contributed by atoms with Crippen molar-refractivity contribution in [1.82, 2.24) is 9.88 Å². The Bertz CT molecular complexity index is 700. The van der Waals surface area contributed by atoms with E-state index in [-0.39, 0.29) is 12.5 Å². The van der Waals surface area contributed by atoms with Crippen LogP contribution in [0.2, 0.25) is 0 Å². The number of benzene rings is 1. The normalized spacial score (nSPS) is 15.6. The molecule has 1 saturated heterocycles. The molecule has 1 N–H and O–H groups in total. The Morgan fingerprint density at radius 1 is 1.26 bits per heavy atom. The number of carbonyl (C=O) groups excluding carboxylic acids is 1. The standard InChI is InChI=1S/C20H27N3O3S/c1-16-7-9-23(10-8-16)13-17-15-27-20(21-17)22-19(24)14-25-11-12-26-18-5-3-2-4-6-18/h2-6,15-16H,7-14H2,1H3,(H,21,22,24). The summed E-state index contributed by atoms with van der Waals surface area (Å²) in [6.07, 6.45) is 2.50. The van der Waals surface area contributed by atoms with Gasteiger partial charge in [-0.3, -0.25) is 15.0 Å². The van der Waals surface area contributed by atoms with Crippen LogP contribution >= 0.6 is 11.3 Å². The van der Waals surface area contributed by atoms with Gasteiger partial charge >= 0.3 is 0 Å².